The Kier molecular flexibility index (Phi) is 7.27. The van der Waals surface area contributed by atoms with Crippen molar-refractivity contribution in [2.75, 3.05) is 0 Å². The molecule has 3 aliphatic carbocycles. The van der Waals surface area contributed by atoms with Gasteiger partial charge < -0.3 is 0 Å². The zero-order chi connectivity index (χ0) is 38.5. The SMILES string of the molecule is CC1(C)c2ccccc2-c2ccc(C(c3ccc4c(c3)-c3cc5ccccc5c(-c5cccc6c5Cc5ccccc5-6)c3C4)c3ccccc3-c3ccccc3)cc21. The lowest BCUT2D eigenvalue weighted by molar-refractivity contribution is 0.659. The molecule has 0 radical (unpaired) electrons. The minimum atomic E-state index is -0.0846. The predicted octanol–water partition coefficient (Wildman–Crippen LogP) is 14.8. The van der Waals surface area contributed by atoms with Gasteiger partial charge in [-0.05, 0) is 141 Å². The van der Waals surface area contributed by atoms with Gasteiger partial charge in [0.15, 0.2) is 0 Å². The molecule has 0 amide bonds. The zero-order valence-electron chi connectivity index (χ0n) is 32.9. The first kappa shape index (κ1) is 33.4. The molecule has 12 rings (SSSR count). The van der Waals surface area contributed by atoms with Crippen LogP contribution in [0.4, 0.5) is 0 Å². The van der Waals surface area contributed by atoms with Crippen LogP contribution in [0.15, 0.2) is 188 Å². The van der Waals surface area contributed by atoms with Crippen molar-refractivity contribution < 1.29 is 0 Å². The summed E-state index contributed by atoms with van der Waals surface area (Å²) < 4.78 is 0. The van der Waals surface area contributed by atoms with Gasteiger partial charge in [-0.25, -0.2) is 0 Å². The van der Waals surface area contributed by atoms with E-state index in [1.54, 1.807) is 0 Å². The number of benzene rings is 9. The monoisotopic (exact) mass is 738 g/mol. The molecule has 0 N–H and O–H groups in total. The molecular formula is C58H42. The lowest BCUT2D eigenvalue weighted by Gasteiger charge is -2.26. The molecule has 0 aromatic heterocycles. The van der Waals surface area contributed by atoms with E-state index in [1.165, 1.54) is 116 Å². The largest absolute Gasteiger partial charge is 0.0622 e. The van der Waals surface area contributed by atoms with E-state index in [4.69, 9.17) is 0 Å². The van der Waals surface area contributed by atoms with Gasteiger partial charge in [-0.1, -0.05) is 190 Å². The predicted molar refractivity (Wildman–Crippen MR) is 243 cm³/mol. The summed E-state index contributed by atoms with van der Waals surface area (Å²) in [4.78, 5) is 0. The summed E-state index contributed by atoms with van der Waals surface area (Å²) in [6, 6.07) is 71.2. The second kappa shape index (κ2) is 12.6. The lowest BCUT2D eigenvalue weighted by atomic mass is 9.77. The molecule has 9 aromatic rings. The van der Waals surface area contributed by atoms with Crippen molar-refractivity contribution in [3.05, 3.63) is 238 Å². The molecule has 0 saturated heterocycles. The van der Waals surface area contributed by atoms with Crippen molar-refractivity contribution in [2.24, 2.45) is 0 Å². The molecule has 9 aromatic carbocycles. The van der Waals surface area contributed by atoms with Crippen molar-refractivity contribution in [1.82, 2.24) is 0 Å². The topological polar surface area (TPSA) is 0 Å². The maximum atomic E-state index is 2.55. The average Bonchev–Trinajstić information content (AvgIpc) is 3.91. The van der Waals surface area contributed by atoms with E-state index >= 15 is 0 Å². The molecule has 0 fully saturated rings. The molecule has 0 aliphatic heterocycles. The van der Waals surface area contributed by atoms with E-state index < -0.39 is 0 Å². The van der Waals surface area contributed by atoms with Gasteiger partial charge in [0.2, 0.25) is 0 Å². The van der Waals surface area contributed by atoms with E-state index in [9.17, 15) is 0 Å². The molecule has 3 aliphatic rings. The Hall–Kier alpha value is -6.76. The van der Waals surface area contributed by atoms with Gasteiger partial charge in [0.05, 0.1) is 0 Å². The minimum Gasteiger partial charge on any atom is -0.0622 e. The van der Waals surface area contributed by atoms with Crippen molar-refractivity contribution in [2.45, 2.75) is 38.0 Å². The van der Waals surface area contributed by atoms with Crippen molar-refractivity contribution in [1.29, 1.82) is 0 Å². The Labute approximate surface area is 341 Å². The molecular weight excluding hydrogens is 697 g/mol. The number of fused-ring (bicyclic) bond motifs is 10. The van der Waals surface area contributed by atoms with Crippen LogP contribution in [0, 0.1) is 0 Å². The molecule has 0 spiro atoms. The third-order valence-corrected chi connectivity index (χ3v) is 13.7. The summed E-state index contributed by atoms with van der Waals surface area (Å²) >= 11 is 0. The summed E-state index contributed by atoms with van der Waals surface area (Å²) in [5, 5.41) is 2.64. The first-order chi connectivity index (χ1) is 28.5. The van der Waals surface area contributed by atoms with E-state index in [1.807, 2.05) is 0 Å². The highest BCUT2D eigenvalue weighted by atomic mass is 14.4. The van der Waals surface area contributed by atoms with Gasteiger partial charge in [0.1, 0.15) is 0 Å². The smallest absolute Gasteiger partial charge is 0.0346 e. The fourth-order valence-electron chi connectivity index (χ4n) is 11.0. The van der Waals surface area contributed by atoms with Gasteiger partial charge in [0, 0.05) is 11.3 Å². The minimum absolute atomic E-state index is 0.0337. The van der Waals surface area contributed by atoms with Crippen LogP contribution < -0.4 is 0 Å². The maximum Gasteiger partial charge on any atom is 0.0346 e. The third kappa shape index (κ3) is 4.88. The number of hydrogen-bond acceptors (Lipinski definition) is 0. The van der Waals surface area contributed by atoms with Crippen LogP contribution in [-0.2, 0) is 18.3 Å². The molecule has 0 heteroatoms. The van der Waals surface area contributed by atoms with Crippen molar-refractivity contribution >= 4 is 10.8 Å². The van der Waals surface area contributed by atoms with Crippen LogP contribution in [0.25, 0.3) is 66.4 Å². The first-order valence-electron chi connectivity index (χ1n) is 20.8. The van der Waals surface area contributed by atoms with Crippen LogP contribution in [0.1, 0.15) is 69.8 Å². The highest BCUT2D eigenvalue weighted by molar-refractivity contribution is 6.06. The molecule has 58 heavy (non-hydrogen) atoms. The van der Waals surface area contributed by atoms with Gasteiger partial charge in [-0.2, -0.15) is 0 Å². The zero-order valence-corrected chi connectivity index (χ0v) is 32.9. The molecule has 0 bridgehead atoms. The second-order valence-electron chi connectivity index (χ2n) is 17.1. The van der Waals surface area contributed by atoms with Gasteiger partial charge in [-0.15, -0.1) is 0 Å². The summed E-state index contributed by atoms with van der Waals surface area (Å²) in [6.07, 6.45) is 1.90. The van der Waals surface area contributed by atoms with Gasteiger partial charge in [-0.3, -0.25) is 0 Å². The Morgan fingerprint density at radius 3 is 1.93 bits per heavy atom. The van der Waals surface area contributed by atoms with E-state index in [0.29, 0.717) is 0 Å². The second-order valence-corrected chi connectivity index (χ2v) is 17.1. The third-order valence-electron chi connectivity index (χ3n) is 13.7. The Morgan fingerprint density at radius 1 is 0.397 bits per heavy atom. The van der Waals surface area contributed by atoms with E-state index in [0.717, 1.165) is 12.8 Å². The van der Waals surface area contributed by atoms with E-state index in [-0.39, 0.29) is 11.3 Å². The average molecular weight is 739 g/mol. The highest BCUT2D eigenvalue weighted by Gasteiger charge is 2.36. The van der Waals surface area contributed by atoms with Gasteiger partial charge in [0.25, 0.3) is 0 Å². The standard InChI is InChI=1S/C58H42/c1-58(2)54-26-13-12-22-46(54)47-30-29-41(35-55(47)58)56(48-23-11-10-19-42(48)36-15-4-3-5-16-36)40-28-27-39-33-53-52(50(39)34-40)32-38-18-7-9-21-44(38)57(53)49-25-14-24-45-43-20-8-6-17-37(43)31-51(45)49/h3-30,32,34-35,56H,31,33H2,1-2H3. The van der Waals surface area contributed by atoms with Crippen LogP contribution in [0.2, 0.25) is 0 Å². The normalized spacial score (nSPS) is 14.3. The molecule has 0 heterocycles. The fraction of sp³-hybridized carbons (Fsp3) is 0.103. The summed E-state index contributed by atoms with van der Waals surface area (Å²) in [6.45, 7) is 4.78. The maximum absolute atomic E-state index is 2.55. The number of rotatable bonds is 5. The highest BCUT2D eigenvalue weighted by Crippen LogP contribution is 2.53. The van der Waals surface area contributed by atoms with Crippen LogP contribution in [0.3, 0.4) is 0 Å². The van der Waals surface area contributed by atoms with Crippen molar-refractivity contribution in [3.8, 4) is 55.6 Å². The molecule has 274 valence electrons. The molecule has 0 saturated carbocycles. The summed E-state index contributed by atoms with van der Waals surface area (Å²) in [5.74, 6) is 0.0337. The first-order valence-corrected chi connectivity index (χ1v) is 20.8. The number of hydrogen-bond donors (Lipinski definition) is 0. The Balaban J connectivity index is 1.07. The lowest BCUT2D eigenvalue weighted by Crippen LogP contribution is -2.16. The molecule has 1 unspecified atom stereocenters. The quantitative estimate of drug-likeness (QED) is 0.154. The van der Waals surface area contributed by atoms with Crippen LogP contribution >= 0.6 is 0 Å². The Morgan fingerprint density at radius 2 is 1.03 bits per heavy atom. The summed E-state index contributed by atoms with van der Waals surface area (Å²) in [7, 11) is 0. The summed E-state index contributed by atoms with van der Waals surface area (Å²) in [5.41, 5.74) is 26.0. The van der Waals surface area contributed by atoms with Crippen molar-refractivity contribution in [3.63, 3.8) is 0 Å². The Bertz CT molecular complexity index is 3140. The molecule has 1 atom stereocenters. The van der Waals surface area contributed by atoms with Crippen LogP contribution in [-0.4, -0.2) is 0 Å². The van der Waals surface area contributed by atoms with E-state index in [2.05, 4.69) is 202 Å². The van der Waals surface area contributed by atoms with Crippen LogP contribution in [0.5, 0.6) is 0 Å². The van der Waals surface area contributed by atoms with Gasteiger partial charge >= 0.3 is 0 Å². The fourth-order valence-corrected chi connectivity index (χ4v) is 11.0. The molecule has 0 nitrogen and oxygen atoms in total.